The Hall–Kier alpha value is -2.32. The number of aromatic nitrogens is 1. The number of ether oxygens (including phenoxy) is 1. The van der Waals surface area contributed by atoms with Gasteiger partial charge in [0.1, 0.15) is 0 Å². The minimum Gasteiger partial charge on any atom is -0.396 e. The van der Waals surface area contributed by atoms with E-state index in [4.69, 9.17) is 15.7 Å². The number of pyridine rings is 1. The Labute approximate surface area is 123 Å². The predicted octanol–water partition coefficient (Wildman–Crippen LogP) is 2.67. The number of nitriles is 1. The number of fused-ring (bicyclic) bond motifs is 1. The molecule has 0 spiro atoms. The van der Waals surface area contributed by atoms with Crippen molar-refractivity contribution in [3.05, 3.63) is 30.0 Å². The lowest BCUT2D eigenvalue weighted by molar-refractivity contribution is 0.0232. The largest absolute Gasteiger partial charge is 0.396 e. The van der Waals surface area contributed by atoms with E-state index in [0.29, 0.717) is 17.3 Å². The summed E-state index contributed by atoms with van der Waals surface area (Å²) in [4.78, 5) is 4.33. The highest BCUT2D eigenvalue weighted by Gasteiger charge is 2.20. The molecule has 0 unspecified atom stereocenters. The lowest BCUT2D eigenvalue weighted by Crippen LogP contribution is -2.32. The molecule has 0 radical (unpaired) electrons. The number of hydrogen-bond acceptors (Lipinski definition) is 5. The van der Waals surface area contributed by atoms with Crippen molar-refractivity contribution in [1.29, 1.82) is 5.26 Å². The molecule has 3 N–H and O–H groups in total. The van der Waals surface area contributed by atoms with Gasteiger partial charge in [-0.1, -0.05) is 0 Å². The van der Waals surface area contributed by atoms with Gasteiger partial charge >= 0.3 is 0 Å². The number of anilines is 2. The van der Waals surface area contributed by atoms with Crippen LogP contribution in [0.1, 0.15) is 25.3 Å². The van der Waals surface area contributed by atoms with E-state index in [9.17, 15) is 0 Å². The molecular formula is C16H18N4O. The van der Waals surface area contributed by atoms with Crippen molar-refractivity contribution in [3.63, 3.8) is 0 Å². The van der Waals surface area contributed by atoms with Gasteiger partial charge < -0.3 is 15.8 Å². The van der Waals surface area contributed by atoms with Gasteiger partial charge in [-0.25, -0.2) is 0 Å². The summed E-state index contributed by atoms with van der Waals surface area (Å²) in [6, 6.07) is 7.95. The third kappa shape index (κ3) is 2.76. The van der Waals surface area contributed by atoms with Crippen LogP contribution in [-0.2, 0) is 4.74 Å². The highest BCUT2D eigenvalue weighted by atomic mass is 16.5. The lowest BCUT2D eigenvalue weighted by atomic mass is 10.0. The molecule has 0 saturated carbocycles. The highest BCUT2D eigenvalue weighted by Crippen LogP contribution is 2.30. The van der Waals surface area contributed by atoms with Crippen molar-refractivity contribution in [3.8, 4) is 6.07 Å². The molecule has 5 nitrogen and oxygen atoms in total. The summed E-state index contributed by atoms with van der Waals surface area (Å²) in [6.07, 6.45) is 3.81. The summed E-state index contributed by atoms with van der Waals surface area (Å²) in [5.74, 6) is 0. The second-order valence-electron chi connectivity index (χ2n) is 5.48. The van der Waals surface area contributed by atoms with E-state index >= 15 is 0 Å². The maximum absolute atomic E-state index is 9.07. The maximum Gasteiger partial charge on any atom is 0.0991 e. The number of nitrogens with two attached hydrogens (primary N) is 1. The van der Waals surface area contributed by atoms with Gasteiger partial charge in [-0.2, -0.15) is 5.26 Å². The van der Waals surface area contributed by atoms with E-state index in [1.54, 1.807) is 12.3 Å². The zero-order valence-corrected chi connectivity index (χ0v) is 12.0. The molecule has 3 rings (SSSR count). The van der Waals surface area contributed by atoms with Crippen LogP contribution >= 0.6 is 0 Å². The Balaban J connectivity index is 2.00. The van der Waals surface area contributed by atoms with Crippen molar-refractivity contribution < 1.29 is 4.74 Å². The van der Waals surface area contributed by atoms with E-state index in [0.717, 1.165) is 36.0 Å². The Morgan fingerprint density at radius 3 is 3.10 bits per heavy atom. The van der Waals surface area contributed by atoms with E-state index in [2.05, 4.69) is 23.3 Å². The number of rotatable bonds is 2. The Bertz CT molecular complexity index is 707. The first-order valence-electron chi connectivity index (χ1n) is 7.14. The zero-order valence-electron chi connectivity index (χ0n) is 12.0. The summed E-state index contributed by atoms with van der Waals surface area (Å²) >= 11 is 0. The molecule has 1 saturated heterocycles. The first-order chi connectivity index (χ1) is 10.2. The molecule has 2 atom stereocenters. The third-order valence-corrected chi connectivity index (χ3v) is 3.86. The van der Waals surface area contributed by atoms with Crippen LogP contribution in [0.2, 0.25) is 0 Å². The average Bonchev–Trinajstić information content (AvgIpc) is 2.50. The number of hydrogen-bond donors (Lipinski definition) is 2. The van der Waals surface area contributed by atoms with E-state index in [1.807, 2.05) is 12.1 Å². The minimum absolute atomic E-state index is 0.250. The van der Waals surface area contributed by atoms with Gasteiger partial charge in [0.25, 0.3) is 0 Å². The second-order valence-corrected chi connectivity index (χ2v) is 5.48. The number of nitrogens with one attached hydrogen (secondary N) is 1. The topological polar surface area (TPSA) is 84.0 Å². The van der Waals surface area contributed by atoms with E-state index < -0.39 is 0 Å². The number of nitrogen functional groups attached to an aromatic ring is 1. The van der Waals surface area contributed by atoms with Crippen LogP contribution in [0.15, 0.2) is 24.4 Å². The van der Waals surface area contributed by atoms with E-state index in [-0.39, 0.29) is 6.10 Å². The van der Waals surface area contributed by atoms with Crippen molar-refractivity contribution in [2.75, 3.05) is 17.7 Å². The lowest BCUT2D eigenvalue weighted by Gasteiger charge is -2.29. The molecule has 5 heteroatoms. The monoisotopic (exact) mass is 282 g/mol. The second kappa shape index (κ2) is 5.58. The SMILES string of the molecule is C[C@@H]1C[C@H](Nc2c(N)cnc3ccc(C#N)cc23)CCO1. The molecule has 1 aromatic carbocycles. The van der Waals surface area contributed by atoms with Gasteiger partial charge in [-0.05, 0) is 38.0 Å². The molecule has 0 aliphatic carbocycles. The van der Waals surface area contributed by atoms with Crippen LogP contribution in [0.3, 0.4) is 0 Å². The number of benzene rings is 1. The summed E-state index contributed by atoms with van der Waals surface area (Å²) in [5.41, 5.74) is 9.02. The van der Waals surface area contributed by atoms with Crippen molar-refractivity contribution in [2.45, 2.75) is 31.9 Å². The zero-order chi connectivity index (χ0) is 14.8. The Morgan fingerprint density at radius 1 is 1.48 bits per heavy atom. The fraction of sp³-hybridized carbons (Fsp3) is 0.375. The first kappa shape index (κ1) is 13.7. The molecule has 2 heterocycles. The summed E-state index contributed by atoms with van der Waals surface area (Å²) in [6.45, 7) is 2.83. The summed E-state index contributed by atoms with van der Waals surface area (Å²) in [7, 11) is 0. The van der Waals surface area contributed by atoms with E-state index in [1.165, 1.54) is 0 Å². The maximum atomic E-state index is 9.07. The summed E-state index contributed by atoms with van der Waals surface area (Å²) in [5, 5.41) is 13.5. The van der Waals surface area contributed by atoms with Crippen LogP contribution in [0, 0.1) is 11.3 Å². The molecule has 1 aromatic heterocycles. The van der Waals surface area contributed by atoms with Gasteiger partial charge in [-0.3, -0.25) is 4.98 Å². The molecule has 2 aromatic rings. The molecule has 1 aliphatic rings. The normalized spacial score (nSPS) is 21.9. The molecule has 0 bridgehead atoms. The summed E-state index contributed by atoms with van der Waals surface area (Å²) < 4.78 is 5.57. The number of nitrogens with zero attached hydrogens (tertiary/aromatic N) is 2. The first-order valence-corrected chi connectivity index (χ1v) is 7.14. The molecule has 1 fully saturated rings. The molecule has 1 aliphatic heterocycles. The molecular weight excluding hydrogens is 264 g/mol. The quantitative estimate of drug-likeness (QED) is 0.884. The molecule has 0 amide bonds. The van der Waals surface area contributed by atoms with Crippen LogP contribution in [0.4, 0.5) is 11.4 Å². The van der Waals surface area contributed by atoms with Gasteiger partial charge in [0.05, 0.1) is 40.8 Å². The fourth-order valence-electron chi connectivity index (χ4n) is 2.77. The third-order valence-electron chi connectivity index (χ3n) is 3.86. The highest BCUT2D eigenvalue weighted by molar-refractivity contribution is 5.97. The van der Waals surface area contributed by atoms with Crippen LogP contribution < -0.4 is 11.1 Å². The predicted molar refractivity (Wildman–Crippen MR) is 82.9 cm³/mol. The molecule has 108 valence electrons. The van der Waals surface area contributed by atoms with Crippen LogP contribution in [0.5, 0.6) is 0 Å². The van der Waals surface area contributed by atoms with Gasteiger partial charge in [0, 0.05) is 18.0 Å². The van der Waals surface area contributed by atoms with Gasteiger partial charge in [-0.15, -0.1) is 0 Å². The average molecular weight is 282 g/mol. The standard InChI is InChI=1S/C16H18N4O/c1-10-6-12(4-5-21-10)20-16-13-7-11(8-17)2-3-15(13)19-9-14(16)18/h2-3,7,9-10,12H,4-6,18H2,1H3,(H,19,20)/t10-,12-/m1/s1. The smallest absolute Gasteiger partial charge is 0.0991 e. The molecule has 21 heavy (non-hydrogen) atoms. The fourth-order valence-corrected chi connectivity index (χ4v) is 2.77. The van der Waals surface area contributed by atoms with Crippen molar-refractivity contribution in [1.82, 2.24) is 4.98 Å². The Kier molecular flexibility index (Phi) is 3.63. The van der Waals surface area contributed by atoms with Crippen molar-refractivity contribution in [2.24, 2.45) is 0 Å². The van der Waals surface area contributed by atoms with Crippen LogP contribution in [0.25, 0.3) is 10.9 Å². The van der Waals surface area contributed by atoms with Gasteiger partial charge in [0.2, 0.25) is 0 Å². The van der Waals surface area contributed by atoms with Crippen molar-refractivity contribution >= 4 is 22.3 Å². The van der Waals surface area contributed by atoms with Gasteiger partial charge in [0.15, 0.2) is 0 Å². The van der Waals surface area contributed by atoms with Crippen LogP contribution in [-0.4, -0.2) is 23.7 Å². The minimum atomic E-state index is 0.250. The Morgan fingerprint density at radius 2 is 2.33 bits per heavy atom.